The van der Waals surface area contributed by atoms with Crippen LogP contribution in [0, 0.1) is 0 Å². The van der Waals surface area contributed by atoms with E-state index in [-0.39, 0.29) is 23.9 Å². The van der Waals surface area contributed by atoms with Crippen LogP contribution in [0.5, 0.6) is 5.75 Å². The van der Waals surface area contributed by atoms with Crippen LogP contribution in [0.25, 0.3) is 0 Å². The fraction of sp³-hybridized carbons (Fsp3) is 0.250. The Hall–Kier alpha value is -2.94. The lowest BCUT2D eigenvalue weighted by Crippen LogP contribution is -2.34. The van der Waals surface area contributed by atoms with Gasteiger partial charge in [-0.1, -0.05) is 0 Å². The zero-order valence-corrected chi connectivity index (χ0v) is 14.1. The number of imide groups is 1. The quantitative estimate of drug-likeness (QED) is 0.751. The van der Waals surface area contributed by atoms with Gasteiger partial charge in [-0.2, -0.15) is 0 Å². The maximum absolute atomic E-state index is 12.5. The first kappa shape index (κ1) is 16.9. The largest absolute Gasteiger partial charge is 0.497 e. The van der Waals surface area contributed by atoms with Crippen LogP contribution in [0.3, 0.4) is 0 Å². The van der Waals surface area contributed by atoms with Gasteiger partial charge in [0.2, 0.25) is 5.91 Å². The Morgan fingerprint density at radius 3 is 2.76 bits per heavy atom. The van der Waals surface area contributed by atoms with E-state index >= 15 is 0 Å². The number of benzene rings is 1. The molecule has 0 radical (unpaired) electrons. The van der Waals surface area contributed by atoms with Gasteiger partial charge in [0, 0.05) is 11.1 Å². The van der Waals surface area contributed by atoms with Crippen molar-refractivity contribution in [1.29, 1.82) is 0 Å². The number of thiazole rings is 1. The summed E-state index contributed by atoms with van der Waals surface area (Å²) in [5, 5.41) is 13.5. The molecule has 0 aliphatic carbocycles. The molecule has 1 atom stereocenters. The molecule has 2 aromatic rings. The summed E-state index contributed by atoms with van der Waals surface area (Å²) in [6, 6.07) is 6.33. The molecule has 0 saturated carbocycles. The van der Waals surface area contributed by atoms with E-state index in [2.05, 4.69) is 10.3 Å². The number of nitrogens with zero attached hydrogens (tertiary/aromatic N) is 2. The molecule has 3 rings (SSSR count). The second-order valence-electron chi connectivity index (χ2n) is 5.39. The normalized spacial score (nSPS) is 17.0. The number of anilines is 2. The van der Waals surface area contributed by atoms with Crippen molar-refractivity contribution in [1.82, 2.24) is 4.98 Å². The molecule has 1 aromatic heterocycles. The highest BCUT2D eigenvalue weighted by Gasteiger charge is 2.41. The first-order valence-electron chi connectivity index (χ1n) is 7.41. The molecule has 1 aromatic carbocycles. The number of aromatic nitrogens is 1. The lowest BCUT2D eigenvalue weighted by molar-refractivity contribution is -0.136. The minimum Gasteiger partial charge on any atom is -0.497 e. The van der Waals surface area contributed by atoms with Gasteiger partial charge in [0.1, 0.15) is 11.8 Å². The van der Waals surface area contributed by atoms with E-state index in [0.717, 1.165) is 16.2 Å². The summed E-state index contributed by atoms with van der Waals surface area (Å²) in [4.78, 5) is 40.6. The topological polar surface area (TPSA) is 109 Å². The van der Waals surface area contributed by atoms with Crippen LogP contribution >= 0.6 is 11.3 Å². The first-order valence-corrected chi connectivity index (χ1v) is 8.29. The Kier molecular flexibility index (Phi) is 4.66. The first-order chi connectivity index (χ1) is 12.0. The molecule has 0 spiro atoms. The number of nitrogens with one attached hydrogen (secondary N) is 1. The van der Waals surface area contributed by atoms with Gasteiger partial charge < -0.3 is 15.2 Å². The van der Waals surface area contributed by atoms with Crippen molar-refractivity contribution in [3.05, 3.63) is 35.3 Å². The average Bonchev–Trinajstić information content (AvgIpc) is 3.12. The molecule has 130 valence electrons. The molecule has 1 saturated heterocycles. The minimum absolute atomic E-state index is 0.0126. The predicted octanol–water partition coefficient (Wildman–Crippen LogP) is 1.52. The van der Waals surface area contributed by atoms with E-state index in [1.54, 1.807) is 31.4 Å². The maximum Gasteiger partial charge on any atom is 0.309 e. The van der Waals surface area contributed by atoms with Crippen LogP contribution in [0.15, 0.2) is 29.6 Å². The van der Waals surface area contributed by atoms with Crippen molar-refractivity contribution in [2.45, 2.75) is 18.9 Å². The molecule has 0 bridgehead atoms. The summed E-state index contributed by atoms with van der Waals surface area (Å²) < 4.78 is 5.08. The van der Waals surface area contributed by atoms with Gasteiger partial charge in [-0.15, -0.1) is 11.3 Å². The van der Waals surface area contributed by atoms with Gasteiger partial charge >= 0.3 is 5.97 Å². The Bertz CT molecular complexity index is 817. The van der Waals surface area contributed by atoms with E-state index in [0.29, 0.717) is 17.1 Å². The van der Waals surface area contributed by atoms with Gasteiger partial charge in [-0.3, -0.25) is 14.4 Å². The number of rotatable bonds is 6. The third-order valence-corrected chi connectivity index (χ3v) is 4.52. The zero-order valence-electron chi connectivity index (χ0n) is 13.3. The number of methoxy groups -OCH3 is 1. The molecule has 1 unspecified atom stereocenters. The summed E-state index contributed by atoms with van der Waals surface area (Å²) in [6.45, 7) is 0. The summed E-state index contributed by atoms with van der Waals surface area (Å²) in [5.74, 6) is -1.10. The minimum atomic E-state index is -1.02. The summed E-state index contributed by atoms with van der Waals surface area (Å²) >= 11 is 1.08. The fourth-order valence-corrected chi connectivity index (χ4v) is 3.31. The van der Waals surface area contributed by atoms with Gasteiger partial charge in [0.05, 0.1) is 25.6 Å². The Balaban J connectivity index is 1.73. The number of carbonyl (C=O) groups is 3. The molecule has 2 N–H and O–H groups in total. The predicted molar refractivity (Wildman–Crippen MR) is 91.0 cm³/mol. The molecule has 1 aliphatic rings. The number of carboxylic acids is 1. The Morgan fingerprint density at radius 1 is 1.40 bits per heavy atom. The van der Waals surface area contributed by atoms with Crippen LogP contribution in [-0.4, -0.2) is 41.0 Å². The summed E-state index contributed by atoms with van der Waals surface area (Å²) in [6.07, 6.45) is -0.237. The maximum atomic E-state index is 12.5. The standard InChI is InChI=1S/C16H15N3O5S/c1-24-11-4-2-9(3-5-11)17-12-7-13(20)19(15(12)23)16-18-10(8-25-16)6-14(21)22/h2-5,8,12,17H,6-7H2,1H3,(H,21,22). The highest BCUT2D eigenvalue weighted by molar-refractivity contribution is 7.14. The highest BCUT2D eigenvalue weighted by atomic mass is 32.1. The van der Waals surface area contributed by atoms with Crippen LogP contribution in [-0.2, 0) is 20.8 Å². The molecular weight excluding hydrogens is 346 g/mol. The average molecular weight is 361 g/mol. The Labute approximate surface area is 147 Å². The van der Waals surface area contributed by atoms with Crippen molar-refractivity contribution >= 4 is 39.9 Å². The highest BCUT2D eigenvalue weighted by Crippen LogP contribution is 2.28. The second-order valence-corrected chi connectivity index (χ2v) is 6.23. The Morgan fingerprint density at radius 2 is 2.12 bits per heavy atom. The van der Waals surface area contributed by atoms with E-state index < -0.39 is 17.9 Å². The van der Waals surface area contributed by atoms with Gasteiger partial charge in [0.15, 0.2) is 5.13 Å². The van der Waals surface area contributed by atoms with Crippen molar-refractivity contribution in [2.24, 2.45) is 0 Å². The van der Waals surface area contributed by atoms with Crippen LogP contribution in [0.1, 0.15) is 12.1 Å². The number of hydrogen-bond donors (Lipinski definition) is 2. The zero-order chi connectivity index (χ0) is 18.0. The van der Waals surface area contributed by atoms with Crippen LogP contribution in [0.4, 0.5) is 10.8 Å². The monoisotopic (exact) mass is 361 g/mol. The third-order valence-electron chi connectivity index (χ3n) is 3.64. The number of carboxylic acid groups (broad SMARTS) is 1. The van der Waals surface area contributed by atoms with Gasteiger partial charge in [-0.25, -0.2) is 9.88 Å². The van der Waals surface area contributed by atoms with Gasteiger partial charge in [-0.05, 0) is 24.3 Å². The number of hydrogen-bond acceptors (Lipinski definition) is 7. The molecule has 2 heterocycles. The van der Waals surface area contributed by atoms with Crippen molar-refractivity contribution < 1.29 is 24.2 Å². The SMILES string of the molecule is COc1ccc(NC2CC(=O)N(c3nc(CC(=O)O)cs3)C2=O)cc1. The van der Waals surface area contributed by atoms with Crippen molar-refractivity contribution in [3.8, 4) is 5.75 Å². The van der Waals surface area contributed by atoms with E-state index in [1.807, 2.05) is 0 Å². The van der Waals surface area contributed by atoms with Gasteiger partial charge in [0.25, 0.3) is 5.91 Å². The smallest absolute Gasteiger partial charge is 0.309 e. The molecule has 2 amide bonds. The van der Waals surface area contributed by atoms with Crippen LogP contribution in [0.2, 0.25) is 0 Å². The lowest BCUT2D eigenvalue weighted by atomic mass is 10.2. The fourth-order valence-electron chi connectivity index (χ4n) is 2.47. The molecule has 1 fully saturated rings. The van der Waals surface area contributed by atoms with Crippen LogP contribution < -0.4 is 15.0 Å². The van der Waals surface area contributed by atoms with Crippen molar-refractivity contribution in [3.63, 3.8) is 0 Å². The number of ether oxygens (including phenoxy) is 1. The third kappa shape index (κ3) is 3.61. The van der Waals surface area contributed by atoms with Crippen molar-refractivity contribution in [2.75, 3.05) is 17.3 Å². The van der Waals surface area contributed by atoms with E-state index in [1.165, 1.54) is 5.38 Å². The number of amides is 2. The number of carbonyl (C=O) groups excluding carboxylic acids is 2. The molecule has 25 heavy (non-hydrogen) atoms. The molecule has 1 aliphatic heterocycles. The van der Waals surface area contributed by atoms with E-state index in [9.17, 15) is 14.4 Å². The molecular formula is C16H15N3O5S. The summed E-state index contributed by atoms with van der Waals surface area (Å²) in [5.41, 5.74) is 1.01. The second kappa shape index (κ2) is 6.89. The number of aliphatic carboxylic acids is 1. The molecule has 9 heteroatoms. The lowest BCUT2D eigenvalue weighted by Gasteiger charge is -2.14. The summed E-state index contributed by atoms with van der Waals surface area (Å²) in [7, 11) is 1.56. The molecule has 8 nitrogen and oxygen atoms in total. The van der Waals surface area contributed by atoms with E-state index in [4.69, 9.17) is 9.84 Å².